The number of rotatable bonds is 10. The molecule has 1 saturated carbocycles. The van der Waals surface area contributed by atoms with E-state index in [0.717, 1.165) is 62.8 Å². The number of hydrogen-bond donors (Lipinski definition) is 0. The quantitative estimate of drug-likeness (QED) is 0.174. The number of carbonyl (C=O) groups excluding carboxylic acids is 1. The molecule has 1 fully saturated rings. The van der Waals surface area contributed by atoms with Crippen LogP contribution in [0.5, 0.6) is 0 Å². The summed E-state index contributed by atoms with van der Waals surface area (Å²) in [5.74, 6) is 1.13. The Morgan fingerprint density at radius 1 is 0.886 bits per heavy atom. The van der Waals surface area contributed by atoms with Crippen molar-refractivity contribution in [3.8, 4) is 22.5 Å². The van der Waals surface area contributed by atoms with Gasteiger partial charge in [0, 0.05) is 24.4 Å². The first-order valence-corrected chi connectivity index (χ1v) is 12.9. The standard InChI is InChI=1S/C31H36N2O2/c1-3-4-5-6-7-8-30(34)35-29-19-17-26(18-20-29)28-21-32-31(33-22-28)27-15-13-25(14-16-27)24-11-9-23(2)10-12-24/h3,9-16,21-22,26,29H,1,4-8,17-20H2,2H3. The molecule has 1 aliphatic rings. The highest BCUT2D eigenvalue weighted by Gasteiger charge is 2.25. The second-order valence-electron chi connectivity index (χ2n) is 9.63. The first kappa shape index (κ1) is 25.0. The molecule has 4 rings (SSSR count). The normalized spacial score (nSPS) is 17.7. The van der Waals surface area contributed by atoms with E-state index in [4.69, 9.17) is 4.74 Å². The molecule has 2 aromatic carbocycles. The highest BCUT2D eigenvalue weighted by molar-refractivity contribution is 5.69. The van der Waals surface area contributed by atoms with Crippen molar-refractivity contribution in [2.75, 3.05) is 0 Å². The molecular formula is C31H36N2O2. The minimum absolute atomic E-state index is 0.0480. The van der Waals surface area contributed by atoms with Gasteiger partial charge in [0.1, 0.15) is 6.10 Å². The summed E-state index contributed by atoms with van der Waals surface area (Å²) < 4.78 is 5.72. The predicted octanol–water partition coefficient (Wildman–Crippen LogP) is 7.68. The van der Waals surface area contributed by atoms with Gasteiger partial charge in [-0.25, -0.2) is 9.97 Å². The summed E-state index contributed by atoms with van der Waals surface area (Å²) in [5, 5.41) is 0. The number of aryl methyl sites for hydroxylation is 1. The molecule has 0 atom stereocenters. The zero-order chi connectivity index (χ0) is 24.5. The maximum Gasteiger partial charge on any atom is 0.306 e. The largest absolute Gasteiger partial charge is 0.462 e. The zero-order valence-corrected chi connectivity index (χ0v) is 20.8. The molecule has 0 bridgehead atoms. The fraction of sp³-hybridized carbons (Fsp3) is 0.387. The first-order valence-electron chi connectivity index (χ1n) is 12.9. The molecule has 1 aliphatic carbocycles. The smallest absolute Gasteiger partial charge is 0.306 e. The van der Waals surface area contributed by atoms with E-state index in [0.29, 0.717) is 12.3 Å². The van der Waals surface area contributed by atoms with Crippen molar-refractivity contribution in [3.63, 3.8) is 0 Å². The van der Waals surface area contributed by atoms with E-state index in [9.17, 15) is 4.79 Å². The molecular weight excluding hydrogens is 432 g/mol. The van der Waals surface area contributed by atoms with Gasteiger partial charge >= 0.3 is 5.97 Å². The van der Waals surface area contributed by atoms with Crippen LogP contribution in [0.3, 0.4) is 0 Å². The summed E-state index contributed by atoms with van der Waals surface area (Å²) in [6, 6.07) is 17.0. The number of benzene rings is 2. The summed E-state index contributed by atoms with van der Waals surface area (Å²) in [4.78, 5) is 21.4. The predicted molar refractivity (Wildman–Crippen MR) is 141 cm³/mol. The molecule has 35 heavy (non-hydrogen) atoms. The summed E-state index contributed by atoms with van der Waals surface area (Å²) in [6.45, 7) is 5.83. The molecule has 1 aromatic heterocycles. The van der Waals surface area contributed by atoms with Gasteiger partial charge in [0.05, 0.1) is 0 Å². The lowest BCUT2D eigenvalue weighted by Crippen LogP contribution is -2.24. The fourth-order valence-electron chi connectivity index (χ4n) is 4.75. The van der Waals surface area contributed by atoms with E-state index in [1.807, 2.05) is 18.8 Å². The fourth-order valence-corrected chi connectivity index (χ4v) is 4.75. The van der Waals surface area contributed by atoms with Gasteiger partial charge in [0.25, 0.3) is 0 Å². The number of carbonyl (C=O) groups is 1. The SMILES string of the molecule is [CH2+][CH-]CCCCCC(=O)OC1CCC(c2cnc(-c3ccc(-c4ccc(C)cc4)cc3)nc2)CC1. The van der Waals surface area contributed by atoms with Crippen LogP contribution in [-0.4, -0.2) is 22.0 Å². The Kier molecular flexibility index (Phi) is 8.94. The van der Waals surface area contributed by atoms with Crippen molar-refractivity contribution >= 4 is 5.97 Å². The summed E-state index contributed by atoms with van der Waals surface area (Å²) in [7, 11) is 0. The van der Waals surface area contributed by atoms with Gasteiger partial charge in [0.2, 0.25) is 0 Å². The Balaban J connectivity index is 1.25. The van der Waals surface area contributed by atoms with E-state index in [1.165, 1.54) is 22.3 Å². The number of hydrogen-bond acceptors (Lipinski definition) is 4. The molecule has 0 saturated heterocycles. The summed E-state index contributed by atoms with van der Waals surface area (Å²) in [5.41, 5.74) is 5.86. The molecule has 4 heteroatoms. The van der Waals surface area contributed by atoms with Crippen LogP contribution in [0.25, 0.3) is 22.5 Å². The van der Waals surface area contributed by atoms with E-state index in [1.54, 1.807) is 0 Å². The average molecular weight is 469 g/mol. The monoisotopic (exact) mass is 468 g/mol. The van der Waals surface area contributed by atoms with Gasteiger partial charge in [-0.05, 0) is 61.6 Å². The lowest BCUT2D eigenvalue weighted by atomic mass is 9.84. The van der Waals surface area contributed by atoms with E-state index in [2.05, 4.69) is 72.3 Å². The van der Waals surface area contributed by atoms with Crippen LogP contribution in [0.2, 0.25) is 0 Å². The van der Waals surface area contributed by atoms with Crippen LogP contribution >= 0.6 is 0 Å². The van der Waals surface area contributed by atoms with Gasteiger partial charge in [-0.2, -0.15) is 0 Å². The number of nitrogens with zero attached hydrogens (tertiary/aromatic N) is 2. The van der Waals surface area contributed by atoms with Crippen LogP contribution in [0.1, 0.15) is 74.8 Å². The van der Waals surface area contributed by atoms with E-state index < -0.39 is 0 Å². The molecule has 0 spiro atoms. The Morgan fingerprint density at radius 2 is 1.49 bits per heavy atom. The number of unbranched alkanes of at least 4 members (excludes halogenated alkanes) is 4. The second kappa shape index (κ2) is 12.5. The number of aromatic nitrogens is 2. The van der Waals surface area contributed by atoms with Crippen LogP contribution < -0.4 is 0 Å². The summed E-state index contributed by atoms with van der Waals surface area (Å²) in [6.07, 6.45) is 14.4. The van der Waals surface area contributed by atoms with Crippen LogP contribution in [0.4, 0.5) is 0 Å². The Bertz CT molecular complexity index is 1050. The van der Waals surface area contributed by atoms with Crippen molar-refractivity contribution in [1.82, 2.24) is 9.97 Å². The Morgan fingerprint density at radius 3 is 2.11 bits per heavy atom. The molecule has 182 valence electrons. The third kappa shape index (κ3) is 7.17. The molecule has 4 nitrogen and oxygen atoms in total. The van der Waals surface area contributed by atoms with Gasteiger partial charge in [-0.15, -0.1) is 12.8 Å². The van der Waals surface area contributed by atoms with Crippen molar-refractivity contribution in [1.29, 1.82) is 0 Å². The molecule has 1 heterocycles. The second-order valence-corrected chi connectivity index (χ2v) is 9.63. The topological polar surface area (TPSA) is 52.1 Å². The zero-order valence-electron chi connectivity index (χ0n) is 20.8. The van der Waals surface area contributed by atoms with Gasteiger partial charge in [0.15, 0.2) is 5.82 Å². The highest BCUT2D eigenvalue weighted by atomic mass is 16.5. The van der Waals surface area contributed by atoms with Crippen LogP contribution in [0.15, 0.2) is 60.9 Å². The molecule has 0 radical (unpaired) electrons. The molecule has 0 amide bonds. The van der Waals surface area contributed by atoms with E-state index in [-0.39, 0.29) is 12.1 Å². The molecule has 3 aromatic rings. The van der Waals surface area contributed by atoms with Crippen molar-refractivity contribution in [3.05, 3.63) is 85.4 Å². The molecule has 0 unspecified atom stereocenters. The van der Waals surface area contributed by atoms with Gasteiger partial charge in [-0.3, -0.25) is 4.79 Å². The van der Waals surface area contributed by atoms with Crippen molar-refractivity contribution < 1.29 is 9.53 Å². The first-order chi connectivity index (χ1) is 17.1. The van der Waals surface area contributed by atoms with Gasteiger partial charge in [-0.1, -0.05) is 73.9 Å². The molecule has 0 aliphatic heterocycles. The Labute approximate surface area is 210 Å². The van der Waals surface area contributed by atoms with E-state index >= 15 is 0 Å². The number of esters is 1. The Hall–Kier alpha value is -3.14. The third-order valence-electron chi connectivity index (χ3n) is 6.93. The summed E-state index contributed by atoms with van der Waals surface area (Å²) >= 11 is 0. The third-order valence-corrected chi connectivity index (χ3v) is 6.93. The van der Waals surface area contributed by atoms with Crippen molar-refractivity contribution in [2.45, 2.75) is 76.7 Å². The average Bonchev–Trinajstić information content (AvgIpc) is 2.90. The highest BCUT2D eigenvalue weighted by Crippen LogP contribution is 2.34. The lowest BCUT2D eigenvalue weighted by Gasteiger charge is -2.28. The number of ether oxygens (including phenoxy) is 1. The minimum atomic E-state index is -0.0480. The van der Waals surface area contributed by atoms with Crippen LogP contribution in [0, 0.1) is 20.3 Å². The van der Waals surface area contributed by atoms with Gasteiger partial charge < -0.3 is 4.74 Å². The van der Waals surface area contributed by atoms with Crippen LogP contribution in [-0.2, 0) is 9.53 Å². The lowest BCUT2D eigenvalue weighted by molar-refractivity contribution is -0.150. The minimum Gasteiger partial charge on any atom is -0.462 e. The van der Waals surface area contributed by atoms with Crippen molar-refractivity contribution in [2.24, 2.45) is 0 Å². The maximum atomic E-state index is 12.1. The molecule has 0 N–H and O–H groups in total. The maximum absolute atomic E-state index is 12.1.